The van der Waals surface area contributed by atoms with E-state index in [9.17, 15) is 4.79 Å². The first-order chi connectivity index (χ1) is 14.2. The third-order valence-electron chi connectivity index (χ3n) is 6.22. The highest BCUT2D eigenvalue weighted by atomic mass is 16.1. The molecule has 0 radical (unpaired) electrons. The van der Waals surface area contributed by atoms with Crippen molar-refractivity contribution in [3.63, 3.8) is 0 Å². The van der Waals surface area contributed by atoms with Crippen molar-refractivity contribution in [1.29, 1.82) is 0 Å². The second-order valence-corrected chi connectivity index (χ2v) is 8.72. The fourth-order valence-corrected chi connectivity index (χ4v) is 4.53. The van der Waals surface area contributed by atoms with Crippen molar-refractivity contribution in [1.82, 2.24) is 10.2 Å². The molecular formula is C25H33N3O. The number of amides is 1. The quantitative estimate of drug-likeness (QED) is 0.790. The summed E-state index contributed by atoms with van der Waals surface area (Å²) in [5.41, 5.74) is 4.44. The molecule has 4 rings (SSSR count). The Morgan fingerprint density at radius 3 is 2.31 bits per heavy atom. The molecule has 1 atom stereocenters. The van der Waals surface area contributed by atoms with Crippen molar-refractivity contribution in [2.75, 3.05) is 31.1 Å². The second-order valence-electron chi connectivity index (χ2n) is 8.72. The number of likely N-dealkylation sites (tertiary alicyclic amines) is 1. The summed E-state index contributed by atoms with van der Waals surface area (Å²) in [5.74, 6) is 0.782. The topological polar surface area (TPSA) is 35.6 Å². The number of benzene rings is 2. The van der Waals surface area contributed by atoms with Crippen LogP contribution in [0.3, 0.4) is 0 Å². The molecule has 2 aromatic rings. The molecule has 2 aromatic carbocycles. The lowest BCUT2D eigenvalue weighted by Crippen LogP contribution is -2.33. The molecule has 1 N–H and O–H groups in total. The van der Waals surface area contributed by atoms with Crippen LogP contribution in [-0.2, 0) is 13.1 Å². The van der Waals surface area contributed by atoms with Crippen LogP contribution in [0.25, 0.3) is 0 Å². The first kappa shape index (κ1) is 20.0. The van der Waals surface area contributed by atoms with Crippen molar-refractivity contribution in [2.24, 2.45) is 5.92 Å². The Balaban J connectivity index is 1.27. The van der Waals surface area contributed by atoms with Crippen LogP contribution in [0.15, 0.2) is 48.5 Å². The van der Waals surface area contributed by atoms with Gasteiger partial charge in [-0.05, 0) is 73.5 Å². The lowest BCUT2D eigenvalue weighted by atomic mass is 9.99. The van der Waals surface area contributed by atoms with Crippen molar-refractivity contribution in [2.45, 2.75) is 45.7 Å². The van der Waals surface area contributed by atoms with E-state index in [4.69, 9.17) is 0 Å². The molecule has 4 nitrogen and oxygen atoms in total. The normalized spacial score (nSPS) is 20.0. The summed E-state index contributed by atoms with van der Waals surface area (Å²) in [5, 5.41) is 3.05. The summed E-state index contributed by atoms with van der Waals surface area (Å²) in [6.45, 7) is 8.55. The van der Waals surface area contributed by atoms with Gasteiger partial charge in [-0.1, -0.05) is 31.2 Å². The molecule has 2 fully saturated rings. The summed E-state index contributed by atoms with van der Waals surface area (Å²) in [7, 11) is 0. The number of hydrogen-bond donors (Lipinski definition) is 1. The van der Waals surface area contributed by atoms with Gasteiger partial charge in [0, 0.05) is 44.0 Å². The predicted octanol–water partition coefficient (Wildman–Crippen LogP) is 4.45. The minimum Gasteiger partial charge on any atom is -0.372 e. The molecule has 0 aliphatic carbocycles. The lowest BCUT2D eigenvalue weighted by molar-refractivity contribution is 0.0951. The average molecular weight is 392 g/mol. The molecule has 0 spiro atoms. The Kier molecular flexibility index (Phi) is 6.50. The van der Waals surface area contributed by atoms with Gasteiger partial charge in [-0.2, -0.15) is 0 Å². The number of hydrogen-bond acceptors (Lipinski definition) is 3. The van der Waals surface area contributed by atoms with Crippen LogP contribution in [0.4, 0.5) is 5.69 Å². The number of nitrogens with one attached hydrogen (secondary N) is 1. The van der Waals surface area contributed by atoms with Gasteiger partial charge in [0.25, 0.3) is 5.91 Å². The molecule has 29 heavy (non-hydrogen) atoms. The molecule has 154 valence electrons. The third-order valence-corrected chi connectivity index (χ3v) is 6.22. The number of carbonyl (C=O) groups is 1. The summed E-state index contributed by atoms with van der Waals surface area (Å²) in [6, 6.07) is 16.7. The van der Waals surface area contributed by atoms with E-state index >= 15 is 0 Å². The number of anilines is 1. The van der Waals surface area contributed by atoms with Gasteiger partial charge < -0.3 is 10.2 Å². The molecule has 0 saturated carbocycles. The molecule has 2 aliphatic rings. The number of nitrogens with zero attached hydrogens (tertiary/aromatic N) is 2. The standard InChI is InChI=1S/C25H33N3O/c1-20-5-4-14-27(18-20)19-22-6-10-23(11-7-22)25(29)26-17-21-8-12-24(13-9-21)28-15-2-3-16-28/h6-13,20H,2-5,14-19H2,1H3,(H,26,29)/t20-/m1/s1. The van der Waals surface area contributed by atoms with Gasteiger partial charge >= 0.3 is 0 Å². The summed E-state index contributed by atoms with van der Waals surface area (Å²) in [6.07, 6.45) is 5.21. The highest BCUT2D eigenvalue weighted by molar-refractivity contribution is 5.94. The van der Waals surface area contributed by atoms with Crippen LogP contribution >= 0.6 is 0 Å². The summed E-state index contributed by atoms with van der Waals surface area (Å²) in [4.78, 5) is 17.5. The van der Waals surface area contributed by atoms with Crippen molar-refractivity contribution in [3.05, 3.63) is 65.2 Å². The number of piperidine rings is 1. The van der Waals surface area contributed by atoms with Gasteiger partial charge in [-0.3, -0.25) is 9.69 Å². The van der Waals surface area contributed by atoms with Crippen molar-refractivity contribution >= 4 is 11.6 Å². The zero-order valence-corrected chi connectivity index (χ0v) is 17.6. The lowest BCUT2D eigenvalue weighted by Gasteiger charge is -2.30. The number of rotatable bonds is 6. The number of carbonyl (C=O) groups excluding carboxylic acids is 1. The van der Waals surface area contributed by atoms with E-state index in [1.54, 1.807) is 0 Å². The predicted molar refractivity (Wildman–Crippen MR) is 119 cm³/mol. The molecule has 0 bridgehead atoms. The summed E-state index contributed by atoms with van der Waals surface area (Å²) < 4.78 is 0. The monoisotopic (exact) mass is 391 g/mol. The van der Waals surface area contributed by atoms with Crippen LogP contribution in [0.5, 0.6) is 0 Å². The first-order valence-corrected chi connectivity index (χ1v) is 11.1. The van der Waals surface area contributed by atoms with Crippen molar-refractivity contribution < 1.29 is 4.79 Å². The molecule has 4 heteroatoms. The van der Waals surface area contributed by atoms with Gasteiger partial charge in [0.05, 0.1) is 0 Å². The van der Waals surface area contributed by atoms with Gasteiger partial charge in [0.2, 0.25) is 0 Å². The highest BCUT2D eigenvalue weighted by Crippen LogP contribution is 2.21. The zero-order chi connectivity index (χ0) is 20.1. The van der Waals surface area contributed by atoms with E-state index in [1.807, 2.05) is 12.1 Å². The Morgan fingerprint density at radius 2 is 1.62 bits per heavy atom. The van der Waals surface area contributed by atoms with Crippen LogP contribution < -0.4 is 10.2 Å². The van der Waals surface area contributed by atoms with E-state index in [0.29, 0.717) is 6.54 Å². The van der Waals surface area contributed by atoms with E-state index in [2.05, 4.69) is 58.4 Å². The van der Waals surface area contributed by atoms with Crippen LogP contribution in [0.2, 0.25) is 0 Å². The molecule has 2 heterocycles. The SMILES string of the molecule is C[C@@H]1CCCN(Cc2ccc(C(=O)NCc3ccc(N4CCCC4)cc3)cc2)C1. The minimum atomic E-state index is -0.00763. The van der Waals surface area contributed by atoms with Crippen LogP contribution in [0.1, 0.15) is 54.1 Å². The zero-order valence-electron chi connectivity index (χ0n) is 17.6. The maximum absolute atomic E-state index is 12.5. The smallest absolute Gasteiger partial charge is 0.251 e. The first-order valence-electron chi connectivity index (χ1n) is 11.1. The van der Waals surface area contributed by atoms with E-state index in [1.165, 1.54) is 50.0 Å². The van der Waals surface area contributed by atoms with E-state index in [0.717, 1.165) is 36.7 Å². The highest BCUT2D eigenvalue weighted by Gasteiger charge is 2.16. The average Bonchev–Trinajstić information content (AvgIpc) is 3.28. The van der Waals surface area contributed by atoms with Crippen LogP contribution in [0, 0.1) is 5.92 Å². The van der Waals surface area contributed by atoms with E-state index < -0.39 is 0 Å². The van der Waals surface area contributed by atoms with Gasteiger partial charge in [-0.25, -0.2) is 0 Å². The Labute approximate surface area is 174 Å². The van der Waals surface area contributed by atoms with Gasteiger partial charge in [0.1, 0.15) is 0 Å². The molecule has 2 saturated heterocycles. The molecule has 0 aromatic heterocycles. The van der Waals surface area contributed by atoms with Crippen molar-refractivity contribution in [3.8, 4) is 0 Å². The Bertz CT molecular complexity index is 794. The fraction of sp³-hybridized carbons (Fsp3) is 0.480. The van der Waals surface area contributed by atoms with Crippen LogP contribution in [-0.4, -0.2) is 37.0 Å². The molecule has 1 amide bonds. The fourth-order valence-electron chi connectivity index (χ4n) is 4.53. The Hall–Kier alpha value is -2.33. The van der Waals surface area contributed by atoms with Gasteiger partial charge in [0.15, 0.2) is 0 Å². The Morgan fingerprint density at radius 1 is 0.931 bits per heavy atom. The molecule has 2 aliphatic heterocycles. The molecule has 0 unspecified atom stereocenters. The maximum Gasteiger partial charge on any atom is 0.251 e. The van der Waals surface area contributed by atoms with Gasteiger partial charge in [-0.15, -0.1) is 0 Å². The maximum atomic E-state index is 12.5. The third kappa shape index (κ3) is 5.39. The second kappa shape index (κ2) is 9.45. The summed E-state index contributed by atoms with van der Waals surface area (Å²) >= 11 is 0. The minimum absolute atomic E-state index is 0.00763. The largest absolute Gasteiger partial charge is 0.372 e. The van der Waals surface area contributed by atoms with E-state index in [-0.39, 0.29) is 5.91 Å². The molecular weight excluding hydrogens is 358 g/mol.